The van der Waals surface area contributed by atoms with Crippen molar-refractivity contribution >= 4 is 35.1 Å². The summed E-state index contributed by atoms with van der Waals surface area (Å²) < 4.78 is 0. The third-order valence-electron chi connectivity index (χ3n) is 4.28. The molecule has 0 saturated carbocycles. The van der Waals surface area contributed by atoms with E-state index < -0.39 is 6.04 Å². The highest BCUT2D eigenvalue weighted by Crippen LogP contribution is 2.24. The van der Waals surface area contributed by atoms with Gasteiger partial charge in [0.2, 0.25) is 11.8 Å². The first-order chi connectivity index (χ1) is 11.2. The van der Waals surface area contributed by atoms with Gasteiger partial charge in [0.25, 0.3) is 0 Å². The van der Waals surface area contributed by atoms with Gasteiger partial charge in [-0.1, -0.05) is 6.92 Å². The Hall–Kier alpha value is -1.76. The number of aromatic nitrogens is 1. The lowest BCUT2D eigenvalue weighted by Crippen LogP contribution is -2.44. The molecular weight excluding hydrogens is 312 g/mol. The van der Waals surface area contributed by atoms with E-state index in [9.17, 15) is 9.59 Å². The van der Waals surface area contributed by atoms with E-state index >= 15 is 0 Å². The lowest BCUT2D eigenvalue weighted by atomic mass is 10.2. The molecule has 1 atom stereocenters. The van der Waals surface area contributed by atoms with E-state index in [2.05, 4.69) is 15.2 Å². The van der Waals surface area contributed by atoms with Crippen molar-refractivity contribution in [1.29, 1.82) is 0 Å². The lowest BCUT2D eigenvalue weighted by Gasteiger charge is -2.22. The minimum absolute atomic E-state index is 0.0208. The molecule has 0 aliphatic carbocycles. The number of anilines is 2. The van der Waals surface area contributed by atoms with E-state index in [0.717, 1.165) is 18.8 Å². The summed E-state index contributed by atoms with van der Waals surface area (Å²) in [4.78, 5) is 32.6. The highest BCUT2D eigenvalue weighted by Gasteiger charge is 2.33. The van der Waals surface area contributed by atoms with Crippen LogP contribution < -0.4 is 10.2 Å². The predicted molar refractivity (Wildman–Crippen MR) is 92.6 cm³/mol. The minimum atomic E-state index is -0.396. The molecule has 2 aliphatic rings. The summed E-state index contributed by atoms with van der Waals surface area (Å²) in [5.74, 6) is 1.64. The number of hydrogen-bond acceptors (Lipinski definition) is 5. The highest BCUT2D eigenvalue weighted by molar-refractivity contribution is 7.99. The van der Waals surface area contributed by atoms with Crippen molar-refractivity contribution in [2.24, 2.45) is 0 Å². The zero-order valence-electron chi connectivity index (χ0n) is 13.3. The maximum Gasteiger partial charge on any atom is 0.249 e. The Morgan fingerprint density at radius 1 is 1.35 bits per heavy atom. The SMILES string of the molecule is CCC(=O)N1CSCC1C(=O)Nc1ccc(N2CCCC2)cn1. The van der Waals surface area contributed by atoms with Crippen LogP contribution in [-0.4, -0.2) is 52.5 Å². The van der Waals surface area contributed by atoms with E-state index in [-0.39, 0.29) is 11.8 Å². The number of carbonyl (C=O) groups excluding carboxylic acids is 2. The molecule has 3 heterocycles. The fraction of sp³-hybridized carbons (Fsp3) is 0.562. The molecule has 2 amide bonds. The lowest BCUT2D eigenvalue weighted by molar-refractivity contribution is -0.135. The number of nitrogens with one attached hydrogen (secondary N) is 1. The van der Waals surface area contributed by atoms with Crippen LogP contribution in [0, 0.1) is 0 Å². The van der Waals surface area contributed by atoms with Gasteiger partial charge < -0.3 is 15.1 Å². The second-order valence-electron chi connectivity index (χ2n) is 5.82. The first-order valence-corrected chi connectivity index (χ1v) is 9.23. The molecule has 1 N–H and O–H groups in total. The fourth-order valence-electron chi connectivity index (χ4n) is 2.94. The molecule has 6 nitrogen and oxygen atoms in total. The van der Waals surface area contributed by atoms with Gasteiger partial charge in [-0.05, 0) is 25.0 Å². The Bertz CT molecular complexity index is 572. The summed E-state index contributed by atoms with van der Waals surface area (Å²) in [5.41, 5.74) is 1.10. The second kappa shape index (κ2) is 7.21. The predicted octanol–water partition coefficient (Wildman–Crippen LogP) is 1.93. The maximum atomic E-state index is 12.4. The van der Waals surface area contributed by atoms with Gasteiger partial charge in [-0.15, -0.1) is 11.8 Å². The molecule has 1 aromatic rings. The van der Waals surface area contributed by atoms with Gasteiger partial charge in [-0.25, -0.2) is 4.98 Å². The summed E-state index contributed by atoms with van der Waals surface area (Å²) in [6.07, 6.45) is 4.67. The summed E-state index contributed by atoms with van der Waals surface area (Å²) in [5, 5.41) is 2.83. The molecule has 0 bridgehead atoms. The van der Waals surface area contributed by atoms with Crippen molar-refractivity contribution in [3.63, 3.8) is 0 Å². The number of pyridine rings is 1. The van der Waals surface area contributed by atoms with Crippen molar-refractivity contribution in [2.75, 3.05) is 34.9 Å². The van der Waals surface area contributed by atoms with E-state index in [1.165, 1.54) is 12.8 Å². The summed E-state index contributed by atoms with van der Waals surface area (Å²) in [6.45, 7) is 3.96. The summed E-state index contributed by atoms with van der Waals surface area (Å²) >= 11 is 1.61. The normalized spacial score (nSPS) is 20.8. The van der Waals surface area contributed by atoms with Gasteiger partial charge in [0.15, 0.2) is 0 Å². The van der Waals surface area contributed by atoms with Crippen LogP contribution in [0.15, 0.2) is 18.3 Å². The van der Waals surface area contributed by atoms with Gasteiger partial charge in [0.05, 0.1) is 17.8 Å². The zero-order valence-corrected chi connectivity index (χ0v) is 14.1. The highest BCUT2D eigenvalue weighted by atomic mass is 32.2. The van der Waals surface area contributed by atoms with E-state index in [1.807, 2.05) is 19.1 Å². The molecule has 2 saturated heterocycles. The molecule has 1 unspecified atom stereocenters. The van der Waals surface area contributed by atoms with Crippen LogP contribution in [0.25, 0.3) is 0 Å². The molecular formula is C16H22N4O2S. The average molecular weight is 334 g/mol. The zero-order chi connectivity index (χ0) is 16.2. The van der Waals surface area contributed by atoms with Crippen molar-refractivity contribution < 1.29 is 9.59 Å². The molecule has 7 heteroatoms. The Kier molecular flexibility index (Phi) is 5.05. The first-order valence-electron chi connectivity index (χ1n) is 8.08. The first kappa shape index (κ1) is 16.1. The van der Waals surface area contributed by atoms with Gasteiger partial charge >= 0.3 is 0 Å². The number of amides is 2. The molecule has 23 heavy (non-hydrogen) atoms. The van der Waals surface area contributed by atoms with Crippen LogP contribution in [-0.2, 0) is 9.59 Å². The van der Waals surface area contributed by atoms with Crippen LogP contribution in [0.2, 0.25) is 0 Å². The number of hydrogen-bond donors (Lipinski definition) is 1. The molecule has 1 aromatic heterocycles. The minimum Gasteiger partial charge on any atom is -0.370 e. The van der Waals surface area contributed by atoms with Crippen molar-refractivity contribution in [2.45, 2.75) is 32.2 Å². The van der Waals surface area contributed by atoms with Crippen LogP contribution in [0.1, 0.15) is 26.2 Å². The number of carbonyl (C=O) groups is 2. The second-order valence-corrected chi connectivity index (χ2v) is 6.82. The van der Waals surface area contributed by atoms with Gasteiger partial charge in [0.1, 0.15) is 11.9 Å². The third kappa shape index (κ3) is 3.60. The largest absolute Gasteiger partial charge is 0.370 e. The molecule has 2 fully saturated rings. The Morgan fingerprint density at radius 3 is 2.78 bits per heavy atom. The van der Waals surface area contributed by atoms with E-state index in [0.29, 0.717) is 23.9 Å². The van der Waals surface area contributed by atoms with Crippen LogP contribution in [0.4, 0.5) is 11.5 Å². The van der Waals surface area contributed by atoms with Crippen molar-refractivity contribution in [3.8, 4) is 0 Å². The third-order valence-corrected chi connectivity index (χ3v) is 5.29. The molecule has 0 aromatic carbocycles. The topological polar surface area (TPSA) is 65.5 Å². The van der Waals surface area contributed by atoms with Crippen LogP contribution >= 0.6 is 11.8 Å². The van der Waals surface area contributed by atoms with Gasteiger partial charge in [-0.2, -0.15) is 0 Å². The molecule has 124 valence electrons. The smallest absolute Gasteiger partial charge is 0.249 e. The van der Waals surface area contributed by atoms with Crippen LogP contribution in [0.5, 0.6) is 0 Å². The fourth-order valence-corrected chi connectivity index (χ4v) is 4.12. The summed E-state index contributed by atoms with van der Waals surface area (Å²) in [6, 6.07) is 3.43. The average Bonchev–Trinajstić information content (AvgIpc) is 3.26. The standard InChI is InChI=1S/C16H22N4O2S/c1-2-15(21)20-11-23-10-13(20)16(22)18-14-6-5-12(9-17-14)19-7-3-4-8-19/h5-6,9,13H,2-4,7-8,10-11H2,1H3,(H,17,18,22). The van der Waals surface area contributed by atoms with Crippen molar-refractivity contribution in [1.82, 2.24) is 9.88 Å². The quantitative estimate of drug-likeness (QED) is 0.911. The molecule has 2 aliphatic heterocycles. The van der Waals surface area contributed by atoms with Crippen LogP contribution in [0.3, 0.4) is 0 Å². The van der Waals surface area contributed by atoms with E-state index in [4.69, 9.17) is 0 Å². The Balaban J connectivity index is 1.62. The Labute approximate surface area is 140 Å². The molecule has 3 rings (SSSR count). The monoisotopic (exact) mass is 334 g/mol. The number of rotatable bonds is 4. The van der Waals surface area contributed by atoms with Crippen molar-refractivity contribution in [3.05, 3.63) is 18.3 Å². The number of nitrogens with zero attached hydrogens (tertiary/aromatic N) is 3. The van der Waals surface area contributed by atoms with Gasteiger partial charge in [0, 0.05) is 25.3 Å². The Morgan fingerprint density at radius 2 is 2.13 bits per heavy atom. The number of thioether (sulfide) groups is 1. The van der Waals surface area contributed by atoms with E-state index in [1.54, 1.807) is 22.9 Å². The maximum absolute atomic E-state index is 12.4. The molecule has 0 radical (unpaired) electrons. The summed E-state index contributed by atoms with van der Waals surface area (Å²) in [7, 11) is 0. The molecule has 0 spiro atoms. The van der Waals surface area contributed by atoms with Gasteiger partial charge in [-0.3, -0.25) is 9.59 Å².